The molecule has 0 aliphatic carbocycles. The average molecular weight is 240 g/mol. The van der Waals surface area contributed by atoms with Gasteiger partial charge in [0, 0.05) is 25.7 Å². The van der Waals surface area contributed by atoms with Crippen molar-refractivity contribution in [1.82, 2.24) is 10.2 Å². The fourth-order valence-corrected chi connectivity index (χ4v) is 3.06. The van der Waals surface area contributed by atoms with Gasteiger partial charge < -0.3 is 15.3 Å². The summed E-state index contributed by atoms with van der Waals surface area (Å²) in [6.45, 7) is 4.87. The highest BCUT2D eigenvalue weighted by atomic mass is 16.3. The van der Waals surface area contributed by atoms with E-state index in [-0.39, 0.29) is 18.1 Å². The molecule has 2 N–H and O–H groups in total. The first-order chi connectivity index (χ1) is 8.17. The molecule has 2 atom stereocenters. The van der Waals surface area contributed by atoms with Crippen LogP contribution in [0.1, 0.15) is 39.0 Å². The van der Waals surface area contributed by atoms with Gasteiger partial charge in [-0.1, -0.05) is 0 Å². The molecule has 0 saturated carbocycles. The van der Waals surface area contributed by atoms with Crippen LogP contribution < -0.4 is 5.32 Å². The summed E-state index contributed by atoms with van der Waals surface area (Å²) in [5.41, 5.74) is -0.217. The quantitative estimate of drug-likeness (QED) is 0.765. The number of piperidine rings is 1. The Labute approximate surface area is 103 Å². The smallest absolute Gasteiger partial charge is 0.230 e. The van der Waals surface area contributed by atoms with Gasteiger partial charge in [-0.25, -0.2) is 0 Å². The van der Waals surface area contributed by atoms with Gasteiger partial charge in [-0.05, 0) is 45.6 Å². The van der Waals surface area contributed by atoms with Crippen LogP contribution >= 0.6 is 0 Å². The largest absolute Gasteiger partial charge is 0.396 e. The van der Waals surface area contributed by atoms with Crippen LogP contribution in [0.25, 0.3) is 0 Å². The van der Waals surface area contributed by atoms with E-state index in [1.807, 2.05) is 4.90 Å². The molecule has 0 aromatic heterocycles. The summed E-state index contributed by atoms with van der Waals surface area (Å²) in [7, 11) is 0. The van der Waals surface area contributed by atoms with Crippen LogP contribution in [0.4, 0.5) is 0 Å². The molecule has 2 aliphatic heterocycles. The number of rotatable bonds is 3. The van der Waals surface area contributed by atoms with E-state index in [1.54, 1.807) is 0 Å². The summed E-state index contributed by atoms with van der Waals surface area (Å²) in [5.74, 6) is 0.292. The first-order valence-electron chi connectivity index (χ1n) is 6.80. The highest BCUT2D eigenvalue weighted by molar-refractivity contribution is 5.83. The summed E-state index contributed by atoms with van der Waals surface area (Å²) >= 11 is 0. The Morgan fingerprint density at radius 1 is 1.53 bits per heavy atom. The average Bonchev–Trinajstić information content (AvgIpc) is 2.78. The van der Waals surface area contributed by atoms with Gasteiger partial charge in [0.2, 0.25) is 5.91 Å². The maximum absolute atomic E-state index is 12.6. The zero-order valence-electron chi connectivity index (χ0n) is 10.7. The molecule has 2 rings (SSSR count). The van der Waals surface area contributed by atoms with Crippen LogP contribution in [-0.2, 0) is 4.79 Å². The van der Waals surface area contributed by atoms with E-state index in [0.29, 0.717) is 5.91 Å². The lowest BCUT2D eigenvalue weighted by atomic mass is 9.86. The number of aliphatic hydroxyl groups is 1. The molecule has 0 aromatic rings. The van der Waals surface area contributed by atoms with Crippen LogP contribution in [0, 0.1) is 5.41 Å². The number of likely N-dealkylation sites (tertiary alicyclic amines) is 1. The van der Waals surface area contributed by atoms with Gasteiger partial charge >= 0.3 is 0 Å². The lowest BCUT2D eigenvalue weighted by Gasteiger charge is -2.40. The van der Waals surface area contributed by atoms with Crippen LogP contribution in [0.5, 0.6) is 0 Å². The molecule has 2 fully saturated rings. The molecule has 98 valence electrons. The molecule has 4 nitrogen and oxygen atoms in total. The Balaban J connectivity index is 2.05. The van der Waals surface area contributed by atoms with Gasteiger partial charge in [-0.15, -0.1) is 0 Å². The van der Waals surface area contributed by atoms with Gasteiger partial charge in [0.15, 0.2) is 0 Å². The summed E-state index contributed by atoms with van der Waals surface area (Å²) in [6, 6.07) is 0.263. The van der Waals surface area contributed by atoms with Crippen molar-refractivity contribution >= 4 is 5.91 Å². The predicted molar refractivity (Wildman–Crippen MR) is 66.6 cm³/mol. The second-order valence-electron chi connectivity index (χ2n) is 5.65. The summed E-state index contributed by atoms with van der Waals surface area (Å²) in [6.07, 6.45) is 5.01. The molecule has 2 unspecified atom stereocenters. The van der Waals surface area contributed by atoms with Crippen molar-refractivity contribution in [2.75, 3.05) is 26.2 Å². The Morgan fingerprint density at radius 3 is 3.00 bits per heavy atom. The van der Waals surface area contributed by atoms with Crippen molar-refractivity contribution < 1.29 is 9.90 Å². The van der Waals surface area contributed by atoms with Crippen molar-refractivity contribution in [3.63, 3.8) is 0 Å². The lowest BCUT2D eigenvalue weighted by Crippen LogP contribution is -2.50. The van der Waals surface area contributed by atoms with Crippen LogP contribution in [0.2, 0.25) is 0 Å². The minimum absolute atomic E-state index is 0.184. The Hall–Kier alpha value is -0.610. The topological polar surface area (TPSA) is 52.6 Å². The Kier molecular flexibility index (Phi) is 4.05. The van der Waals surface area contributed by atoms with E-state index >= 15 is 0 Å². The molecular weight excluding hydrogens is 216 g/mol. The lowest BCUT2D eigenvalue weighted by molar-refractivity contribution is -0.144. The van der Waals surface area contributed by atoms with E-state index in [4.69, 9.17) is 5.11 Å². The molecule has 0 bridgehead atoms. The summed E-state index contributed by atoms with van der Waals surface area (Å²) < 4.78 is 0. The Bertz CT molecular complexity index is 273. The maximum atomic E-state index is 12.6. The maximum Gasteiger partial charge on any atom is 0.230 e. The summed E-state index contributed by atoms with van der Waals surface area (Å²) in [4.78, 5) is 14.6. The van der Waals surface area contributed by atoms with E-state index < -0.39 is 0 Å². The van der Waals surface area contributed by atoms with Crippen LogP contribution in [0.15, 0.2) is 0 Å². The third kappa shape index (κ3) is 2.63. The van der Waals surface area contributed by atoms with Crippen LogP contribution in [-0.4, -0.2) is 48.2 Å². The fourth-order valence-electron chi connectivity index (χ4n) is 3.06. The molecule has 17 heavy (non-hydrogen) atoms. The van der Waals surface area contributed by atoms with Crippen molar-refractivity contribution in [1.29, 1.82) is 0 Å². The molecule has 0 spiro atoms. The number of hydrogen-bond acceptors (Lipinski definition) is 3. The molecule has 2 saturated heterocycles. The number of nitrogens with zero attached hydrogens (tertiary/aromatic N) is 1. The van der Waals surface area contributed by atoms with E-state index in [9.17, 15) is 4.79 Å². The van der Waals surface area contributed by atoms with E-state index in [2.05, 4.69) is 12.2 Å². The third-order valence-corrected chi connectivity index (χ3v) is 4.24. The SMILES string of the molecule is CC1(C(=O)N2CCCCC2CCO)CCNC1. The minimum atomic E-state index is -0.217. The Morgan fingerprint density at radius 2 is 2.35 bits per heavy atom. The number of aliphatic hydroxyl groups excluding tert-OH is 1. The van der Waals surface area contributed by atoms with Gasteiger partial charge in [0.1, 0.15) is 0 Å². The van der Waals surface area contributed by atoms with Gasteiger partial charge in [-0.3, -0.25) is 4.79 Å². The van der Waals surface area contributed by atoms with Gasteiger partial charge in [0.05, 0.1) is 5.41 Å². The second-order valence-corrected chi connectivity index (χ2v) is 5.65. The van der Waals surface area contributed by atoms with E-state index in [1.165, 1.54) is 6.42 Å². The molecule has 2 aliphatic rings. The van der Waals surface area contributed by atoms with Crippen molar-refractivity contribution in [2.45, 2.75) is 45.1 Å². The molecular formula is C13H24N2O2. The first-order valence-corrected chi connectivity index (χ1v) is 6.80. The summed E-state index contributed by atoms with van der Waals surface area (Å²) in [5, 5.41) is 12.4. The normalized spacial score (nSPS) is 34.0. The third-order valence-electron chi connectivity index (χ3n) is 4.24. The van der Waals surface area contributed by atoms with Crippen molar-refractivity contribution in [3.05, 3.63) is 0 Å². The van der Waals surface area contributed by atoms with E-state index in [0.717, 1.165) is 45.3 Å². The number of carbonyl (C=O) groups excluding carboxylic acids is 1. The number of carbonyl (C=O) groups is 1. The number of nitrogens with one attached hydrogen (secondary N) is 1. The van der Waals surface area contributed by atoms with Gasteiger partial charge in [-0.2, -0.15) is 0 Å². The molecule has 2 heterocycles. The highest BCUT2D eigenvalue weighted by Gasteiger charge is 2.41. The molecule has 4 heteroatoms. The van der Waals surface area contributed by atoms with Crippen LogP contribution in [0.3, 0.4) is 0 Å². The molecule has 1 amide bonds. The monoisotopic (exact) mass is 240 g/mol. The zero-order chi connectivity index (χ0) is 12.3. The number of amides is 1. The zero-order valence-corrected chi connectivity index (χ0v) is 10.7. The molecule has 0 radical (unpaired) electrons. The second kappa shape index (κ2) is 5.36. The predicted octanol–water partition coefficient (Wildman–Crippen LogP) is 0.749. The van der Waals surface area contributed by atoms with Crippen molar-refractivity contribution in [3.8, 4) is 0 Å². The number of hydrogen-bond donors (Lipinski definition) is 2. The standard InChI is InChI=1S/C13H24N2O2/c1-13(6-7-14-10-13)12(17)15-8-3-2-4-11(15)5-9-16/h11,14,16H,2-10H2,1H3. The highest BCUT2D eigenvalue weighted by Crippen LogP contribution is 2.31. The van der Waals surface area contributed by atoms with Crippen molar-refractivity contribution in [2.24, 2.45) is 5.41 Å². The molecule has 0 aromatic carbocycles. The minimum Gasteiger partial charge on any atom is -0.396 e. The van der Waals surface area contributed by atoms with Gasteiger partial charge in [0.25, 0.3) is 0 Å². The fraction of sp³-hybridized carbons (Fsp3) is 0.923. The first kappa shape index (κ1) is 12.8.